The Morgan fingerprint density at radius 3 is 1.28 bits per heavy atom. The summed E-state index contributed by atoms with van der Waals surface area (Å²) in [4.78, 5) is 0. The molecule has 4 aliphatic heterocycles. The molecule has 39 heavy (non-hydrogen) atoms. The normalized spacial score (nSPS) is 13.7. The number of hydrogen-bond acceptors (Lipinski definition) is 4. The third-order valence-corrected chi connectivity index (χ3v) is 8.09. The Labute approximate surface area is 228 Å². The molecule has 0 radical (unpaired) electrons. The van der Waals surface area contributed by atoms with E-state index in [0.29, 0.717) is 0 Å². The molecule has 0 atom stereocenters. The average molecular weight is 506 g/mol. The lowest BCUT2D eigenvalue weighted by Crippen LogP contribution is -2.61. The summed E-state index contributed by atoms with van der Waals surface area (Å²) in [6.07, 6.45) is 0. The van der Waals surface area contributed by atoms with Gasteiger partial charge < -0.3 is 18.9 Å². The summed E-state index contributed by atoms with van der Waals surface area (Å²) in [6.45, 7) is 6.13. The van der Waals surface area contributed by atoms with Crippen molar-refractivity contribution in [3.05, 3.63) is 96.6 Å². The van der Waals surface area contributed by atoms with E-state index in [1.807, 2.05) is 74.5 Å². The Morgan fingerprint density at radius 1 is 0.436 bits per heavy atom. The fraction of sp³-hybridized carbons (Fsp3) is 0.0909. The van der Waals surface area contributed by atoms with Crippen molar-refractivity contribution < 1.29 is 18.9 Å². The molecule has 0 saturated heterocycles. The maximum atomic E-state index is 6.62. The first-order valence-corrected chi connectivity index (χ1v) is 13.6. The molecule has 0 fully saturated rings. The summed E-state index contributed by atoms with van der Waals surface area (Å²) in [6, 6.07) is 31.0. The van der Waals surface area contributed by atoms with Crippen LogP contribution in [0.1, 0.15) is 19.4 Å². The predicted molar refractivity (Wildman–Crippen MR) is 158 cm³/mol. The van der Waals surface area contributed by atoms with Crippen LogP contribution in [0.25, 0.3) is 0 Å². The number of fused-ring (bicyclic) bond motifs is 8. The zero-order valence-electron chi connectivity index (χ0n) is 21.9. The lowest BCUT2D eigenvalue weighted by Gasteiger charge is -2.37. The van der Waals surface area contributed by atoms with Crippen LogP contribution in [-0.4, -0.2) is 13.4 Å². The third-order valence-electron chi connectivity index (χ3n) is 8.09. The van der Waals surface area contributed by atoms with E-state index in [4.69, 9.17) is 18.9 Å². The van der Waals surface area contributed by atoms with Crippen molar-refractivity contribution in [3.63, 3.8) is 0 Å². The predicted octanol–water partition coefficient (Wildman–Crippen LogP) is 4.48. The fourth-order valence-corrected chi connectivity index (χ4v) is 6.55. The van der Waals surface area contributed by atoms with Crippen molar-refractivity contribution in [3.8, 4) is 46.0 Å². The molecule has 0 aliphatic carbocycles. The SMILES string of the molecule is CC.Cc1c2c(cc3c1Oc1cccc4c1B3c1ccccc1O4)B1c3ccccc3Oc3cccc(c31)O2. The summed E-state index contributed by atoms with van der Waals surface area (Å²) in [5.41, 5.74) is 7.75. The Hall–Kier alpha value is -4.57. The van der Waals surface area contributed by atoms with Gasteiger partial charge in [0, 0.05) is 16.5 Å². The standard InChI is InChI=1S/C31H18B2O4.C2H6/c1-17-30-20(32-18-8-2-4-10-22(18)34-24-12-6-14-26(36-30)28(24)32)16-21-31(17)37-27-15-7-13-25-29(27)33(21)19-9-3-5-11-23(19)35-25;1-2/h2-16H,1H3;1-2H3. The third kappa shape index (κ3) is 2.97. The Bertz CT molecular complexity index is 1700. The lowest BCUT2D eigenvalue weighted by molar-refractivity contribution is 0.447. The molecular formula is C33H24B2O4. The van der Waals surface area contributed by atoms with E-state index in [0.717, 1.165) is 84.3 Å². The van der Waals surface area contributed by atoms with E-state index in [1.165, 1.54) is 0 Å². The monoisotopic (exact) mass is 506 g/mol. The molecule has 0 spiro atoms. The quantitative estimate of drug-likeness (QED) is 0.285. The number of para-hydroxylation sites is 2. The van der Waals surface area contributed by atoms with Crippen LogP contribution < -0.4 is 51.7 Å². The average Bonchev–Trinajstić information content (AvgIpc) is 2.99. The topological polar surface area (TPSA) is 36.9 Å². The van der Waals surface area contributed by atoms with E-state index in [1.54, 1.807) is 0 Å². The Balaban J connectivity index is 0.00000115. The first kappa shape index (κ1) is 22.4. The van der Waals surface area contributed by atoms with Crippen molar-refractivity contribution in [2.24, 2.45) is 0 Å². The zero-order chi connectivity index (χ0) is 26.2. The van der Waals surface area contributed by atoms with Gasteiger partial charge in [0.2, 0.25) is 0 Å². The van der Waals surface area contributed by atoms with Crippen LogP contribution in [-0.2, 0) is 0 Å². The Morgan fingerprint density at radius 2 is 0.821 bits per heavy atom. The molecule has 0 saturated carbocycles. The molecule has 6 heteroatoms. The molecule has 4 heterocycles. The highest BCUT2D eigenvalue weighted by Crippen LogP contribution is 2.41. The van der Waals surface area contributed by atoms with Crippen LogP contribution in [0.2, 0.25) is 0 Å². The molecular weight excluding hydrogens is 482 g/mol. The zero-order valence-corrected chi connectivity index (χ0v) is 21.9. The second kappa shape index (κ2) is 8.21. The van der Waals surface area contributed by atoms with E-state index < -0.39 is 0 Å². The first-order valence-electron chi connectivity index (χ1n) is 13.6. The second-order valence-corrected chi connectivity index (χ2v) is 10.0. The molecule has 4 aliphatic rings. The molecule has 5 aromatic rings. The van der Waals surface area contributed by atoms with Crippen LogP contribution in [0.3, 0.4) is 0 Å². The van der Waals surface area contributed by atoms with Crippen LogP contribution >= 0.6 is 0 Å². The van der Waals surface area contributed by atoms with E-state index >= 15 is 0 Å². The van der Waals surface area contributed by atoms with Crippen LogP contribution in [0, 0.1) is 6.92 Å². The van der Waals surface area contributed by atoms with Crippen LogP contribution in [0.4, 0.5) is 0 Å². The molecule has 0 N–H and O–H groups in total. The minimum Gasteiger partial charge on any atom is -0.458 e. The molecule has 0 unspecified atom stereocenters. The van der Waals surface area contributed by atoms with Gasteiger partial charge >= 0.3 is 0 Å². The van der Waals surface area contributed by atoms with Crippen molar-refractivity contribution in [2.75, 3.05) is 0 Å². The number of hydrogen-bond donors (Lipinski definition) is 0. The minimum absolute atomic E-state index is 0.00984. The molecule has 5 aromatic carbocycles. The van der Waals surface area contributed by atoms with E-state index in [-0.39, 0.29) is 13.4 Å². The smallest absolute Gasteiger partial charge is 0.260 e. The summed E-state index contributed by atoms with van der Waals surface area (Å²) in [5.74, 6) is 6.88. The molecule has 0 bridgehead atoms. The van der Waals surface area contributed by atoms with Crippen molar-refractivity contribution in [1.29, 1.82) is 0 Å². The van der Waals surface area contributed by atoms with Gasteiger partial charge in [-0.2, -0.15) is 0 Å². The number of ether oxygens (including phenoxy) is 4. The Kier molecular flexibility index (Phi) is 4.72. The minimum atomic E-state index is 0.00984. The maximum Gasteiger partial charge on any atom is 0.260 e. The van der Waals surface area contributed by atoms with Gasteiger partial charge in [-0.15, -0.1) is 0 Å². The summed E-state index contributed by atoms with van der Waals surface area (Å²) < 4.78 is 25.9. The first-order chi connectivity index (χ1) is 19.3. The fourth-order valence-electron chi connectivity index (χ4n) is 6.55. The summed E-state index contributed by atoms with van der Waals surface area (Å²) in [5, 5.41) is 0. The van der Waals surface area contributed by atoms with Gasteiger partial charge in [0.1, 0.15) is 46.0 Å². The van der Waals surface area contributed by atoms with Gasteiger partial charge in [-0.25, -0.2) is 0 Å². The van der Waals surface area contributed by atoms with Gasteiger partial charge in [0.05, 0.1) is 0 Å². The van der Waals surface area contributed by atoms with Gasteiger partial charge in [-0.05, 0) is 65.2 Å². The van der Waals surface area contributed by atoms with Crippen molar-refractivity contribution in [1.82, 2.24) is 0 Å². The highest BCUT2D eigenvalue weighted by molar-refractivity contribution is 7.01. The van der Waals surface area contributed by atoms with Crippen LogP contribution in [0.5, 0.6) is 46.0 Å². The van der Waals surface area contributed by atoms with E-state index in [9.17, 15) is 0 Å². The molecule has 0 amide bonds. The van der Waals surface area contributed by atoms with Crippen LogP contribution in [0.15, 0.2) is 91.0 Å². The number of rotatable bonds is 0. The van der Waals surface area contributed by atoms with Gasteiger partial charge in [0.25, 0.3) is 13.4 Å². The molecule has 0 aromatic heterocycles. The van der Waals surface area contributed by atoms with E-state index in [2.05, 4.69) is 37.3 Å². The molecule has 4 nitrogen and oxygen atoms in total. The number of benzene rings is 5. The van der Waals surface area contributed by atoms with Gasteiger partial charge in [0.15, 0.2) is 0 Å². The van der Waals surface area contributed by atoms with Crippen molar-refractivity contribution >= 4 is 46.2 Å². The highest BCUT2D eigenvalue weighted by Gasteiger charge is 2.45. The largest absolute Gasteiger partial charge is 0.458 e. The summed E-state index contributed by atoms with van der Waals surface area (Å²) in [7, 11) is 0. The maximum absolute atomic E-state index is 6.62. The molecule has 9 rings (SSSR count). The molecule has 186 valence electrons. The second-order valence-electron chi connectivity index (χ2n) is 10.0. The van der Waals surface area contributed by atoms with Crippen molar-refractivity contribution in [2.45, 2.75) is 20.8 Å². The summed E-state index contributed by atoms with van der Waals surface area (Å²) >= 11 is 0. The van der Waals surface area contributed by atoms with Gasteiger partial charge in [-0.3, -0.25) is 0 Å². The highest BCUT2D eigenvalue weighted by atomic mass is 16.5. The van der Waals surface area contributed by atoms with Gasteiger partial charge in [-0.1, -0.05) is 68.4 Å². The lowest BCUT2D eigenvalue weighted by atomic mass is 9.31.